The molecule has 160 valence electrons. The van der Waals surface area contributed by atoms with Crippen molar-refractivity contribution in [2.45, 2.75) is 25.4 Å². The number of carbonyl (C=O) groups is 2. The zero-order valence-corrected chi connectivity index (χ0v) is 17.2. The Balaban J connectivity index is 1.39. The van der Waals surface area contributed by atoms with Gasteiger partial charge in [0.25, 0.3) is 11.8 Å². The minimum absolute atomic E-state index is 0.228. The third-order valence-electron chi connectivity index (χ3n) is 4.69. The van der Waals surface area contributed by atoms with Gasteiger partial charge in [0, 0.05) is 41.4 Å². The van der Waals surface area contributed by atoms with Crippen LogP contribution >= 0.6 is 11.3 Å². The van der Waals surface area contributed by atoms with Gasteiger partial charge in [-0.15, -0.1) is 11.3 Å². The van der Waals surface area contributed by atoms with Gasteiger partial charge in [0.15, 0.2) is 5.13 Å². The molecule has 4 rings (SSSR count). The molecule has 2 amide bonds. The lowest BCUT2D eigenvalue weighted by atomic mass is 10.1. The second-order valence-corrected chi connectivity index (χ2v) is 8.23. The molecule has 3 aromatic rings. The average Bonchev–Trinajstić information content (AvgIpc) is 3.40. The average molecular weight is 443 g/mol. The summed E-state index contributed by atoms with van der Waals surface area (Å²) >= 11 is 1.22. The molecule has 9 heteroatoms. The largest absolute Gasteiger partial charge is 0.368 e. The Hall–Kier alpha value is -3.17. The van der Waals surface area contributed by atoms with E-state index in [0.29, 0.717) is 41.4 Å². The fourth-order valence-corrected chi connectivity index (χ4v) is 4.12. The highest BCUT2D eigenvalue weighted by molar-refractivity contribution is 7.15. The number of rotatable bonds is 6. The van der Waals surface area contributed by atoms with Crippen LogP contribution in [0.3, 0.4) is 0 Å². The van der Waals surface area contributed by atoms with Crippen LogP contribution in [-0.2, 0) is 16.0 Å². The molecule has 1 saturated heterocycles. The molecule has 2 heterocycles. The summed E-state index contributed by atoms with van der Waals surface area (Å²) in [4.78, 5) is 29.7. The van der Waals surface area contributed by atoms with Gasteiger partial charge >= 0.3 is 0 Å². The van der Waals surface area contributed by atoms with E-state index in [2.05, 4.69) is 15.6 Å². The van der Waals surface area contributed by atoms with Crippen molar-refractivity contribution in [3.05, 3.63) is 76.3 Å². The van der Waals surface area contributed by atoms with Crippen molar-refractivity contribution in [3.8, 4) is 0 Å². The number of hydrogen-bond acceptors (Lipinski definition) is 5. The topological polar surface area (TPSA) is 80.3 Å². The van der Waals surface area contributed by atoms with Crippen molar-refractivity contribution in [1.29, 1.82) is 0 Å². The van der Waals surface area contributed by atoms with Gasteiger partial charge in [-0.25, -0.2) is 13.8 Å². The van der Waals surface area contributed by atoms with Gasteiger partial charge in [0.05, 0.1) is 0 Å². The Bertz CT molecular complexity index is 1090. The van der Waals surface area contributed by atoms with E-state index < -0.39 is 17.7 Å². The lowest BCUT2D eigenvalue weighted by Crippen LogP contribution is -2.27. The molecule has 0 unspecified atom stereocenters. The number of anilines is 2. The molecule has 1 atom stereocenters. The van der Waals surface area contributed by atoms with E-state index in [1.165, 1.54) is 23.5 Å². The van der Waals surface area contributed by atoms with Crippen molar-refractivity contribution in [2.75, 3.05) is 17.2 Å². The third-order valence-corrected chi connectivity index (χ3v) is 5.60. The summed E-state index contributed by atoms with van der Waals surface area (Å²) in [6, 6.07) is 9.91. The van der Waals surface area contributed by atoms with E-state index >= 15 is 0 Å². The number of halogens is 2. The van der Waals surface area contributed by atoms with Gasteiger partial charge in [-0.05, 0) is 48.7 Å². The van der Waals surface area contributed by atoms with Crippen LogP contribution in [0.2, 0.25) is 0 Å². The van der Waals surface area contributed by atoms with Crippen LogP contribution in [-0.4, -0.2) is 29.5 Å². The van der Waals surface area contributed by atoms with E-state index in [9.17, 15) is 18.4 Å². The molecule has 0 aliphatic carbocycles. The van der Waals surface area contributed by atoms with Crippen molar-refractivity contribution in [2.24, 2.45) is 0 Å². The van der Waals surface area contributed by atoms with Gasteiger partial charge < -0.3 is 10.1 Å². The number of nitrogens with zero attached hydrogens (tertiary/aromatic N) is 1. The van der Waals surface area contributed by atoms with Gasteiger partial charge in [-0.3, -0.25) is 14.9 Å². The SMILES string of the molecule is O=C(Nc1ncc(Cc2cc(F)cc(F)c2)s1)c1cccc(NC(=O)[C@@H]2CCCO2)c1. The molecule has 0 radical (unpaired) electrons. The van der Waals surface area contributed by atoms with E-state index in [-0.39, 0.29) is 11.8 Å². The highest BCUT2D eigenvalue weighted by atomic mass is 32.1. The van der Waals surface area contributed by atoms with Gasteiger partial charge in [-0.2, -0.15) is 0 Å². The number of thiazole rings is 1. The summed E-state index contributed by atoms with van der Waals surface area (Å²) in [6.45, 7) is 0.574. The lowest BCUT2D eigenvalue weighted by Gasteiger charge is -2.11. The van der Waals surface area contributed by atoms with Crippen LogP contribution in [0.1, 0.15) is 33.6 Å². The number of benzene rings is 2. The summed E-state index contributed by atoms with van der Waals surface area (Å²) < 4.78 is 32.1. The summed E-state index contributed by atoms with van der Waals surface area (Å²) in [7, 11) is 0. The maximum atomic E-state index is 13.4. The number of carbonyl (C=O) groups excluding carboxylic acids is 2. The zero-order valence-electron chi connectivity index (χ0n) is 16.4. The Morgan fingerprint density at radius 3 is 2.68 bits per heavy atom. The van der Waals surface area contributed by atoms with Crippen molar-refractivity contribution >= 4 is 34.0 Å². The molecule has 6 nitrogen and oxygen atoms in total. The van der Waals surface area contributed by atoms with E-state index in [1.807, 2.05) is 0 Å². The molecule has 1 fully saturated rings. The van der Waals surface area contributed by atoms with E-state index in [4.69, 9.17) is 4.74 Å². The minimum atomic E-state index is -0.639. The quantitative estimate of drug-likeness (QED) is 0.593. The van der Waals surface area contributed by atoms with Gasteiger partial charge in [0.2, 0.25) is 0 Å². The molecule has 0 saturated carbocycles. The van der Waals surface area contributed by atoms with Crippen LogP contribution in [0.4, 0.5) is 19.6 Å². The highest BCUT2D eigenvalue weighted by Gasteiger charge is 2.23. The monoisotopic (exact) mass is 443 g/mol. The second kappa shape index (κ2) is 9.32. The number of nitrogens with one attached hydrogen (secondary N) is 2. The fraction of sp³-hybridized carbons (Fsp3) is 0.227. The van der Waals surface area contributed by atoms with Crippen LogP contribution < -0.4 is 10.6 Å². The first-order valence-electron chi connectivity index (χ1n) is 9.70. The van der Waals surface area contributed by atoms with Crippen LogP contribution in [0.5, 0.6) is 0 Å². The van der Waals surface area contributed by atoms with Crippen LogP contribution in [0.15, 0.2) is 48.7 Å². The smallest absolute Gasteiger partial charge is 0.257 e. The predicted octanol–water partition coefficient (Wildman–Crippen LogP) is 4.38. The third kappa shape index (κ3) is 5.50. The summed E-state index contributed by atoms with van der Waals surface area (Å²) in [5.74, 6) is -1.89. The second-order valence-electron chi connectivity index (χ2n) is 7.11. The summed E-state index contributed by atoms with van der Waals surface area (Å²) in [5, 5.41) is 5.84. The first kappa shape index (κ1) is 21.1. The van der Waals surface area contributed by atoms with E-state index in [0.717, 1.165) is 17.4 Å². The molecule has 1 aliphatic rings. The van der Waals surface area contributed by atoms with Crippen molar-refractivity contribution in [1.82, 2.24) is 4.98 Å². The Labute approximate surface area is 181 Å². The minimum Gasteiger partial charge on any atom is -0.368 e. The van der Waals surface area contributed by atoms with Gasteiger partial charge in [0.1, 0.15) is 17.7 Å². The van der Waals surface area contributed by atoms with Crippen molar-refractivity contribution < 1.29 is 23.1 Å². The van der Waals surface area contributed by atoms with Gasteiger partial charge in [-0.1, -0.05) is 6.07 Å². The fourth-order valence-electron chi connectivity index (χ4n) is 3.28. The molecule has 2 aromatic carbocycles. The summed E-state index contributed by atoms with van der Waals surface area (Å²) in [6.07, 6.45) is 2.93. The molecule has 31 heavy (non-hydrogen) atoms. The molecule has 0 spiro atoms. The van der Waals surface area contributed by atoms with Crippen LogP contribution in [0.25, 0.3) is 0 Å². The number of hydrogen-bond donors (Lipinski definition) is 2. The number of ether oxygens (including phenoxy) is 1. The molecule has 2 N–H and O–H groups in total. The Morgan fingerprint density at radius 1 is 1.13 bits per heavy atom. The molecule has 1 aliphatic heterocycles. The first-order valence-corrected chi connectivity index (χ1v) is 10.5. The molecule has 0 bridgehead atoms. The highest BCUT2D eigenvalue weighted by Crippen LogP contribution is 2.23. The normalized spacial score (nSPS) is 15.6. The Kier molecular flexibility index (Phi) is 6.34. The standard InChI is InChI=1S/C22H19F2N3O3S/c23-15-7-13(8-16(24)11-15)9-18-12-25-22(31-18)27-20(28)14-3-1-4-17(10-14)26-21(29)19-5-2-6-30-19/h1,3-4,7-8,10-12,19H,2,5-6,9H2,(H,26,29)(H,25,27,28)/t19-/m0/s1. The summed E-state index contributed by atoms with van der Waals surface area (Å²) in [5.41, 5.74) is 1.34. The molecular weight excluding hydrogens is 424 g/mol. The Morgan fingerprint density at radius 2 is 1.94 bits per heavy atom. The zero-order chi connectivity index (χ0) is 21.8. The number of amides is 2. The molecular formula is C22H19F2N3O3S. The number of aromatic nitrogens is 1. The van der Waals surface area contributed by atoms with Crippen LogP contribution in [0, 0.1) is 11.6 Å². The van der Waals surface area contributed by atoms with Crippen molar-refractivity contribution in [3.63, 3.8) is 0 Å². The predicted molar refractivity (Wildman–Crippen MR) is 113 cm³/mol. The maximum Gasteiger partial charge on any atom is 0.257 e. The first-order chi connectivity index (χ1) is 15.0. The van der Waals surface area contributed by atoms with E-state index in [1.54, 1.807) is 30.5 Å². The maximum absolute atomic E-state index is 13.4. The lowest BCUT2D eigenvalue weighted by molar-refractivity contribution is -0.124. The molecule has 1 aromatic heterocycles.